The molecule has 1 aromatic rings. The zero-order valence-corrected chi connectivity index (χ0v) is 11.8. The molecule has 1 aromatic heterocycles. The van der Waals surface area contributed by atoms with Crippen LogP contribution in [0, 0.1) is 17.8 Å². The predicted molar refractivity (Wildman–Crippen MR) is 73.5 cm³/mol. The molecule has 3 rings (SSSR count). The Bertz CT molecular complexity index is 468. The van der Waals surface area contributed by atoms with Crippen LogP contribution in [0.3, 0.4) is 0 Å². The molecule has 2 aliphatic carbocycles. The molecule has 1 heterocycles. The first-order chi connectivity index (χ1) is 9.13. The average molecular weight is 259 g/mol. The molecule has 2 fully saturated rings. The average Bonchev–Trinajstić information content (AvgIpc) is 3.01. The number of carbonyl (C=O) groups excluding carboxylic acids is 1. The fraction of sp³-hybridized carbons (Fsp3) is 0.625. The highest BCUT2D eigenvalue weighted by atomic mass is 16.1. The van der Waals surface area contributed by atoms with Crippen LogP contribution >= 0.6 is 0 Å². The number of carbonyl (C=O) groups is 1. The molecule has 1 N–H and O–H groups in total. The normalized spacial score (nSPS) is 30.3. The van der Waals surface area contributed by atoms with Crippen molar-refractivity contribution in [3.63, 3.8) is 0 Å². The Kier molecular flexibility index (Phi) is 3.29. The van der Waals surface area contributed by atoms with Gasteiger partial charge < -0.3 is 5.32 Å². The number of amides is 1. The monoisotopic (exact) mass is 259 g/mol. The van der Waals surface area contributed by atoms with E-state index in [9.17, 15) is 4.79 Å². The zero-order valence-electron chi connectivity index (χ0n) is 11.8. The van der Waals surface area contributed by atoms with E-state index in [1.165, 1.54) is 25.7 Å². The molecule has 102 valence electrons. The van der Waals surface area contributed by atoms with Crippen molar-refractivity contribution < 1.29 is 9.36 Å². The maximum absolute atomic E-state index is 12.2. The van der Waals surface area contributed by atoms with E-state index in [0.717, 1.165) is 17.4 Å². The molecule has 0 saturated heterocycles. The lowest BCUT2D eigenvalue weighted by Crippen LogP contribution is -2.40. The summed E-state index contributed by atoms with van der Waals surface area (Å²) in [5.74, 6) is 2.55. The van der Waals surface area contributed by atoms with Gasteiger partial charge in [0.15, 0.2) is 12.4 Å². The van der Waals surface area contributed by atoms with Crippen LogP contribution < -0.4 is 9.88 Å². The number of aryl methyl sites for hydroxylation is 1. The molecule has 1 amide bonds. The number of rotatable bonds is 3. The van der Waals surface area contributed by atoms with Gasteiger partial charge in [0.1, 0.15) is 7.05 Å². The molecule has 2 aliphatic rings. The number of hydrogen-bond acceptors (Lipinski definition) is 1. The molecule has 19 heavy (non-hydrogen) atoms. The smallest absolute Gasteiger partial charge is 0.251 e. The molecule has 3 heteroatoms. The van der Waals surface area contributed by atoms with Gasteiger partial charge in [0.2, 0.25) is 0 Å². The van der Waals surface area contributed by atoms with Crippen LogP contribution in [0.1, 0.15) is 43.0 Å². The van der Waals surface area contributed by atoms with Crippen molar-refractivity contribution in [1.29, 1.82) is 0 Å². The van der Waals surface area contributed by atoms with Gasteiger partial charge in [-0.25, -0.2) is 4.57 Å². The third-order valence-corrected chi connectivity index (χ3v) is 5.03. The second-order valence-electron chi connectivity index (χ2n) is 6.35. The Hall–Kier alpha value is -1.38. The lowest BCUT2D eigenvalue weighted by molar-refractivity contribution is -0.671. The van der Waals surface area contributed by atoms with Gasteiger partial charge in [-0.15, -0.1) is 0 Å². The van der Waals surface area contributed by atoms with Gasteiger partial charge in [0.05, 0.1) is 5.56 Å². The summed E-state index contributed by atoms with van der Waals surface area (Å²) in [6.45, 7) is 2.17. The number of hydrogen-bond donors (Lipinski definition) is 1. The zero-order chi connectivity index (χ0) is 13.4. The summed E-state index contributed by atoms with van der Waals surface area (Å²) in [6.07, 6.45) is 9.32. The number of pyridine rings is 1. The van der Waals surface area contributed by atoms with E-state index in [0.29, 0.717) is 12.0 Å². The highest BCUT2D eigenvalue weighted by Gasteiger charge is 2.42. The van der Waals surface area contributed by atoms with Crippen molar-refractivity contribution in [2.75, 3.05) is 0 Å². The predicted octanol–water partition coefficient (Wildman–Crippen LogP) is 2.07. The fourth-order valence-corrected chi connectivity index (χ4v) is 3.96. The van der Waals surface area contributed by atoms with E-state index in [-0.39, 0.29) is 5.91 Å². The van der Waals surface area contributed by atoms with Crippen molar-refractivity contribution in [3.8, 4) is 0 Å². The molecular weight excluding hydrogens is 236 g/mol. The van der Waals surface area contributed by atoms with Crippen molar-refractivity contribution in [3.05, 3.63) is 30.1 Å². The molecule has 0 unspecified atom stereocenters. The highest BCUT2D eigenvalue weighted by Crippen LogP contribution is 2.49. The van der Waals surface area contributed by atoms with Crippen LogP contribution in [0.4, 0.5) is 0 Å². The summed E-state index contributed by atoms with van der Waals surface area (Å²) in [5, 5.41) is 3.19. The molecule has 0 radical (unpaired) electrons. The van der Waals surface area contributed by atoms with E-state index in [4.69, 9.17) is 0 Å². The van der Waals surface area contributed by atoms with Gasteiger partial charge in [0, 0.05) is 18.2 Å². The molecule has 2 saturated carbocycles. The van der Waals surface area contributed by atoms with Crippen LogP contribution in [0.15, 0.2) is 24.5 Å². The molecule has 0 spiro atoms. The molecule has 0 aromatic carbocycles. The first-order valence-corrected chi connectivity index (χ1v) is 7.39. The summed E-state index contributed by atoms with van der Waals surface area (Å²) >= 11 is 0. The largest absolute Gasteiger partial charge is 0.349 e. The minimum atomic E-state index is 0.0656. The minimum Gasteiger partial charge on any atom is -0.349 e. The Labute approximate surface area is 115 Å². The van der Waals surface area contributed by atoms with Crippen LogP contribution in [0.5, 0.6) is 0 Å². The molecule has 3 nitrogen and oxygen atoms in total. The SMILES string of the molecule is C[C@H](NC(=O)c1cc[n+](C)cc1)[C@@H]1C[C@@H]2CC[C@@H]1C2. The van der Waals surface area contributed by atoms with Gasteiger partial charge >= 0.3 is 0 Å². The van der Waals surface area contributed by atoms with E-state index in [1.54, 1.807) is 0 Å². The molecule has 0 aliphatic heterocycles. The quantitative estimate of drug-likeness (QED) is 0.828. The maximum Gasteiger partial charge on any atom is 0.251 e. The maximum atomic E-state index is 12.2. The van der Waals surface area contributed by atoms with Gasteiger partial charge in [0.25, 0.3) is 5.91 Å². The second kappa shape index (κ2) is 4.95. The first kappa shape index (κ1) is 12.6. The Balaban J connectivity index is 1.61. The van der Waals surface area contributed by atoms with E-state index in [2.05, 4.69) is 12.2 Å². The van der Waals surface area contributed by atoms with Gasteiger partial charge in [-0.1, -0.05) is 6.42 Å². The summed E-state index contributed by atoms with van der Waals surface area (Å²) in [5.41, 5.74) is 0.758. The van der Waals surface area contributed by atoms with Crippen LogP contribution in [0.25, 0.3) is 0 Å². The summed E-state index contributed by atoms with van der Waals surface area (Å²) in [7, 11) is 1.96. The highest BCUT2D eigenvalue weighted by molar-refractivity contribution is 5.94. The van der Waals surface area contributed by atoms with E-state index >= 15 is 0 Å². The Morgan fingerprint density at radius 1 is 1.32 bits per heavy atom. The number of aromatic nitrogens is 1. The third-order valence-electron chi connectivity index (χ3n) is 5.03. The second-order valence-corrected chi connectivity index (χ2v) is 6.35. The molecule has 4 atom stereocenters. The number of nitrogens with one attached hydrogen (secondary N) is 1. The van der Waals surface area contributed by atoms with Gasteiger partial charge in [-0.3, -0.25) is 4.79 Å². The van der Waals surface area contributed by atoms with E-state index in [1.807, 2.05) is 36.1 Å². The summed E-state index contributed by atoms with van der Waals surface area (Å²) in [6, 6.07) is 4.06. The third kappa shape index (κ3) is 2.51. The lowest BCUT2D eigenvalue weighted by Gasteiger charge is -2.28. The van der Waals surface area contributed by atoms with Crippen molar-refractivity contribution in [2.45, 2.75) is 38.6 Å². The fourth-order valence-electron chi connectivity index (χ4n) is 3.96. The Morgan fingerprint density at radius 2 is 2.05 bits per heavy atom. The summed E-state index contributed by atoms with van der Waals surface area (Å²) in [4.78, 5) is 12.2. The van der Waals surface area contributed by atoms with Gasteiger partial charge in [-0.05, 0) is 43.9 Å². The first-order valence-electron chi connectivity index (χ1n) is 7.39. The van der Waals surface area contributed by atoms with Gasteiger partial charge in [-0.2, -0.15) is 0 Å². The van der Waals surface area contributed by atoms with Crippen LogP contribution in [-0.4, -0.2) is 11.9 Å². The van der Waals surface area contributed by atoms with Crippen molar-refractivity contribution >= 4 is 5.91 Å². The standard InChI is InChI=1S/C16H22N2O/c1-11(15-10-12-3-4-14(15)9-12)17-16(19)13-5-7-18(2)8-6-13/h5-8,11-12,14-15H,3-4,9-10H2,1-2H3/p+1/t11-,12+,14+,15-/m0/s1. The summed E-state index contributed by atoms with van der Waals surface area (Å²) < 4.78 is 1.94. The van der Waals surface area contributed by atoms with E-state index < -0.39 is 0 Å². The van der Waals surface area contributed by atoms with Crippen molar-refractivity contribution in [1.82, 2.24) is 5.32 Å². The number of nitrogens with zero attached hydrogens (tertiary/aromatic N) is 1. The topological polar surface area (TPSA) is 33.0 Å². The van der Waals surface area contributed by atoms with Crippen LogP contribution in [0.2, 0.25) is 0 Å². The Morgan fingerprint density at radius 3 is 2.63 bits per heavy atom. The van der Waals surface area contributed by atoms with Crippen molar-refractivity contribution in [2.24, 2.45) is 24.8 Å². The minimum absolute atomic E-state index is 0.0656. The lowest BCUT2D eigenvalue weighted by atomic mass is 9.84. The number of fused-ring (bicyclic) bond motifs is 2. The molecule has 2 bridgehead atoms. The van der Waals surface area contributed by atoms with Crippen LogP contribution in [-0.2, 0) is 7.05 Å². The molecular formula is C16H23N2O+.